The smallest absolute Gasteiger partial charge is 0.192 e. The topological polar surface area (TPSA) is 39.1 Å². The largest absolute Gasteiger partial charge is 0.415 e. The molecule has 138 valence electrons. The number of nitrogens with one attached hydrogen (secondary N) is 1. The quantitative estimate of drug-likeness (QED) is 0.464. The standard InChI is InChI=1S/C21H29N3OSi/c1-21(2,3)26(4,5)25-14-12-23-18-8-9-20-17(15-18)10-13-24(20)19-7-6-11-22-16-19/h6-11,13,15-16,23H,12,14H2,1-5H3. The van der Waals surface area contributed by atoms with Crippen molar-refractivity contribution in [3.05, 3.63) is 55.0 Å². The molecule has 0 saturated carbocycles. The highest BCUT2D eigenvalue weighted by molar-refractivity contribution is 6.74. The van der Waals surface area contributed by atoms with Crippen LogP contribution >= 0.6 is 0 Å². The molecule has 4 nitrogen and oxygen atoms in total. The normalized spacial score (nSPS) is 12.5. The monoisotopic (exact) mass is 367 g/mol. The Morgan fingerprint density at radius 2 is 1.96 bits per heavy atom. The maximum Gasteiger partial charge on any atom is 0.192 e. The Morgan fingerprint density at radius 1 is 1.15 bits per heavy atom. The summed E-state index contributed by atoms with van der Waals surface area (Å²) in [5.41, 5.74) is 3.38. The number of pyridine rings is 1. The van der Waals surface area contributed by atoms with Crippen molar-refractivity contribution in [2.24, 2.45) is 0 Å². The summed E-state index contributed by atoms with van der Waals surface area (Å²) in [6.07, 6.45) is 5.76. The van der Waals surface area contributed by atoms with Gasteiger partial charge in [0.1, 0.15) is 0 Å². The van der Waals surface area contributed by atoms with Crippen molar-refractivity contribution in [3.8, 4) is 5.69 Å². The second-order valence-electron chi connectivity index (χ2n) is 8.21. The summed E-state index contributed by atoms with van der Waals surface area (Å²) in [6.45, 7) is 13.0. The maximum absolute atomic E-state index is 6.23. The Hall–Kier alpha value is -2.11. The molecule has 0 amide bonds. The molecule has 0 saturated heterocycles. The lowest BCUT2D eigenvalue weighted by Crippen LogP contribution is -2.41. The molecule has 2 aromatic heterocycles. The van der Waals surface area contributed by atoms with Crippen LogP contribution in [0.15, 0.2) is 55.0 Å². The van der Waals surface area contributed by atoms with E-state index < -0.39 is 8.32 Å². The lowest BCUT2D eigenvalue weighted by molar-refractivity contribution is 0.301. The Kier molecular flexibility index (Phi) is 5.21. The Morgan fingerprint density at radius 3 is 2.65 bits per heavy atom. The zero-order valence-corrected chi connectivity index (χ0v) is 17.4. The van der Waals surface area contributed by atoms with Gasteiger partial charge < -0.3 is 14.3 Å². The van der Waals surface area contributed by atoms with Crippen molar-refractivity contribution in [2.45, 2.75) is 38.9 Å². The fourth-order valence-corrected chi connectivity index (χ4v) is 3.74. The summed E-state index contributed by atoms with van der Waals surface area (Å²) in [5.74, 6) is 0. The summed E-state index contributed by atoms with van der Waals surface area (Å²) >= 11 is 0. The van der Waals surface area contributed by atoms with Gasteiger partial charge in [-0.3, -0.25) is 4.98 Å². The van der Waals surface area contributed by atoms with Gasteiger partial charge in [0.2, 0.25) is 0 Å². The molecule has 3 rings (SSSR count). The van der Waals surface area contributed by atoms with Gasteiger partial charge in [-0.05, 0) is 54.5 Å². The van der Waals surface area contributed by atoms with Gasteiger partial charge in [0.15, 0.2) is 8.32 Å². The van der Waals surface area contributed by atoms with Crippen LogP contribution in [0.1, 0.15) is 20.8 Å². The zero-order valence-electron chi connectivity index (χ0n) is 16.4. The van der Waals surface area contributed by atoms with E-state index in [2.05, 4.69) is 85.3 Å². The summed E-state index contributed by atoms with van der Waals surface area (Å²) < 4.78 is 8.39. The van der Waals surface area contributed by atoms with Crippen molar-refractivity contribution < 1.29 is 4.43 Å². The minimum absolute atomic E-state index is 0.251. The van der Waals surface area contributed by atoms with Crippen LogP contribution in [-0.2, 0) is 4.43 Å². The second kappa shape index (κ2) is 7.25. The molecule has 2 heterocycles. The average Bonchev–Trinajstić information content (AvgIpc) is 3.02. The van der Waals surface area contributed by atoms with Crippen LogP contribution in [-0.4, -0.2) is 31.0 Å². The van der Waals surface area contributed by atoms with Crippen LogP contribution in [0.2, 0.25) is 18.1 Å². The first-order valence-electron chi connectivity index (χ1n) is 9.17. The number of rotatable bonds is 6. The first-order valence-corrected chi connectivity index (χ1v) is 12.1. The molecule has 1 aromatic carbocycles. The minimum atomic E-state index is -1.67. The van der Waals surface area contributed by atoms with Gasteiger partial charge in [0.05, 0.1) is 24.0 Å². The molecule has 0 radical (unpaired) electrons. The number of hydrogen-bond acceptors (Lipinski definition) is 3. The van der Waals surface area contributed by atoms with Crippen molar-refractivity contribution in [1.82, 2.24) is 9.55 Å². The van der Waals surface area contributed by atoms with Crippen molar-refractivity contribution in [1.29, 1.82) is 0 Å². The lowest BCUT2D eigenvalue weighted by Gasteiger charge is -2.36. The molecule has 1 N–H and O–H groups in total. The van der Waals surface area contributed by atoms with E-state index in [1.165, 1.54) is 10.9 Å². The Balaban J connectivity index is 1.64. The molecule has 0 unspecified atom stereocenters. The van der Waals surface area contributed by atoms with Crippen LogP contribution in [0.25, 0.3) is 16.6 Å². The number of benzene rings is 1. The second-order valence-corrected chi connectivity index (χ2v) is 13.0. The summed E-state index contributed by atoms with van der Waals surface area (Å²) in [7, 11) is -1.67. The van der Waals surface area contributed by atoms with Gasteiger partial charge in [0.25, 0.3) is 0 Å². The van der Waals surface area contributed by atoms with Crippen LogP contribution in [0.4, 0.5) is 5.69 Å². The molecule has 0 fully saturated rings. The fourth-order valence-electron chi connectivity index (χ4n) is 2.69. The number of nitrogens with zero attached hydrogens (tertiary/aromatic N) is 2. The van der Waals surface area contributed by atoms with Crippen molar-refractivity contribution in [3.63, 3.8) is 0 Å². The van der Waals surface area contributed by atoms with Crippen LogP contribution < -0.4 is 5.32 Å². The molecule has 0 aliphatic heterocycles. The highest BCUT2D eigenvalue weighted by atomic mass is 28.4. The average molecular weight is 368 g/mol. The molecule has 0 atom stereocenters. The third-order valence-electron chi connectivity index (χ3n) is 5.31. The van der Waals surface area contributed by atoms with Gasteiger partial charge in [-0.25, -0.2) is 0 Å². The highest BCUT2D eigenvalue weighted by Crippen LogP contribution is 2.36. The Labute approximate surface area is 157 Å². The summed E-state index contributed by atoms with van der Waals surface area (Å²) in [5, 5.41) is 4.95. The number of anilines is 1. The van der Waals surface area contributed by atoms with Crippen LogP contribution in [0.3, 0.4) is 0 Å². The highest BCUT2D eigenvalue weighted by Gasteiger charge is 2.36. The third kappa shape index (κ3) is 4.00. The number of hydrogen-bond donors (Lipinski definition) is 1. The van der Waals surface area contributed by atoms with E-state index in [-0.39, 0.29) is 5.04 Å². The molecule has 0 spiro atoms. The molecule has 26 heavy (non-hydrogen) atoms. The summed E-state index contributed by atoms with van der Waals surface area (Å²) in [6, 6.07) is 12.6. The van der Waals surface area contributed by atoms with Crippen molar-refractivity contribution in [2.75, 3.05) is 18.5 Å². The molecule has 0 aliphatic carbocycles. The van der Waals surface area contributed by atoms with Gasteiger partial charge in [-0.1, -0.05) is 20.8 Å². The fraction of sp³-hybridized carbons (Fsp3) is 0.381. The van der Waals surface area contributed by atoms with Crippen molar-refractivity contribution >= 4 is 24.9 Å². The molecule has 5 heteroatoms. The zero-order chi connectivity index (χ0) is 18.8. The maximum atomic E-state index is 6.23. The third-order valence-corrected chi connectivity index (χ3v) is 9.85. The molecular formula is C21H29N3OSi. The Bertz CT molecular complexity index is 866. The van der Waals surface area contributed by atoms with Crippen LogP contribution in [0, 0.1) is 0 Å². The van der Waals surface area contributed by atoms with E-state index in [1.807, 2.05) is 12.3 Å². The predicted octanol–water partition coefficient (Wildman–Crippen LogP) is 5.46. The number of aromatic nitrogens is 2. The van der Waals surface area contributed by atoms with Gasteiger partial charge >= 0.3 is 0 Å². The van der Waals surface area contributed by atoms with E-state index in [1.54, 1.807) is 6.20 Å². The SMILES string of the molecule is CC(C)(C)[Si](C)(C)OCCNc1ccc2c(ccn2-c2cccnc2)c1. The van der Waals surface area contributed by atoms with Gasteiger partial charge in [-0.2, -0.15) is 0 Å². The van der Waals surface area contributed by atoms with Gasteiger partial charge in [-0.15, -0.1) is 0 Å². The first-order chi connectivity index (χ1) is 12.3. The summed E-state index contributed by atoms with van der Waals surface area (Å²) in [4.78, 5) is 4.21. The molecule has 3 aromatic rings. The minimum Gasteiger partial charge on any atom is -0.415 e. The molecule has 0 aliphatic rings. The lowest BCUT2D eigenvalue weighted by atomic mass is 10.2. The molecule has 0 bridgehead atoms. The number of fused-ring (bicyclic) bond motifs is 1. The van der Waals surface area contributed by atoms with E-state index >= 15 is 0 Å². The van der Waals surface area contributed by atoms with Crippen LogP contribution in [0.5, 0.6) is 0 Å². The van der Waals surface area contributed by atoms with E-state index in [9.17, 15) is 0 Å². The molecular weight excluding hydrogens is 338 g/mol. The first kappa shape index (κ1) is 18.7. The van der Waals surface area contributed by atoms with Gasteiger partial charge in [0, 0.05) is 30.0 Å². The van der Waals surface area contributed by atoms with E-state index in [4.69, 9.17) is 4.43 Å². The predicted molar refractivity (Wildman–Crippen MR) is 113 cm³/mol. The van der Waals surface area contributed by atoms with E-state index in [0.29, 0.717) is 0 Å². The van der Waals surface area contributed by atoms with E-state index in [0.717, 1.165) is 24.5 Å².